The molecule has 0 aromatic heterocycles. The van der Waals surface area contributed by atoms with E-state index < -0.39 is 0 Å². The third-order valence-electron chi connectivity index (χ3n) is 2.87. The van der Waals surface area contributed by atoms with Crippen LogP contribution in [-0.2, 0) is 11.3 Å². The van der Waals surface area contributed by atoms with Crippen LogP contribution in [0.3, 0.4) is 0 Å². The predicted octanol–water partition coefficient (Wildman–Crippen LogP) is 3.94. The average Bonchev–Trinajstić information content (AvgIpc) is 2.48. The Labute approximate surface area is 159 Å². The molecule has 1 aromatic carbocycles. The van der Waals surface area contributed by atoms with Gasteiger partial charge in [-0.25, -0.2) is 4.99 Å². The molecule has 0 spiro atoms. The van der Waals surface area contributed by atoms with Gasteiger partial charge in [0.15, 0.2) is 5.96 Å². The number of nitrogens with one attached hydrogen (secondary N) is 2. The second-order valence-electron chi connectivity index (χ2n) is 4.66. The maximum atomic E-state index is 5.33. The van der Waals surface area contributed by atoms with Crippen molar-refractivity contribution in [3.63, 3.8) is 0 Å². The lowest BCUT2D eigenvalue weighted by atomic mass is 10.2. The summed E-state index contributed by atoms with van der Waals surface area (Å²) in [4.78, 5) is 4.60. The minimum absolute atomic E-state index is 0. The molecule has 1 rings (SSSR count). The van der Waals surface area contributed by atoms with Crippen molar-refractivity contribution in [3.05, 3.63) is 34.3 Å². The second-order valence-corrected chi connectivity index (χ2v) is 5.57. The molecule has 0 bridgehead atoms. The first-order chi connectivity index (χ1) is 10.3. The van der Waals surface area contributed by atoms with Crippen LogP contribution in [0.4, 0.5) is 0 Å². The van der Waals surface area contributed by atoms with Gasteiger partial charge >= 0.3 is 0 Å². The minimum Gasteiger partial charge on any atom is -0.382 e. The summed E-state index contributed by atoms with van der Waals surface area (Å²) in [7, 11) is 0. The average molecular weight is 484 g/mol. The van der Waals surface area contributed by atoms with Crippen LogP contribution in [0.5, 0.6) is 0 Å². The predicted molar refractivity (Wildman–Crippen MR) is 108 cm³/mol. The van der Waals surface area contributed by atoms with E-state index in [4.69, 9.17) is 4.74 Å². The molecule has 0 unspecified atom stereocenters. The lowest BCUT2D eigenvalue weighted by molar-refractivity contribution is 0.143. The Balaban J connectivity index is 0.00000441. The van der Waals surface area contributed by atoms with E-state index in [9.17, 15) is 0 Å². The highest BCUT2D eigenvalue weighted by molar-refractivity contribution is 14.0. The van der Waals surface area contributed by atoms with Crippen molar-refractivity contribution >= 4 is 45.9 Å². The molecular weight excluding hydrogens is 457 g/mol. The lowest BCUT2D eigenvalue weighted by Crippen LogP contribution is -2.37. The van der Waals surface area contributed by atoms with Crippen LogP contribution in [0.1, 0.15) is 32.3 Å². The topological polar surface area (TPSA) is 45.7 Å². The quantitative estimate of drug-likeness (QED) is 0.242. The summed E-state index contributed by atoms with van der Waals surface area (Å²) >= 11 is 3.48. The summed E-state index contributed by atoms with van der Waals surface area (Å²) in [5, 5.41) is 6.62. The summed E-state index contributed by atoms with van der Waals surface area (Å²) < 4.78 is 6.41. The number of guanidine groups is 1. The first-order valence-electron chi connectivity index (χ1n) is 7.60. The van der Waals surface area contributed by atoms with Gasteiger partial charge in [-0.15, -0.1) is 24.0 Å². The molecule has 0 amide bonds. The molecule has 0 radical (unpaired) electrons. The summed E-state index contributed by atoms with van der Waals surface area (Å²) in [5.41, 5.74) is 1.19. The van der Waals surface area contributed by atoms with E-state index in [1.165, 1.54) is 5.56 Å². The fraction of sp³-hybridized carbons (Fsp3) is 0.562. The molecule has 0 aliphatic heterocycles. The fourth-order valence-corrected chi connectivity index (χ4v) is 2.27. The Hall–Kier alpha value is -0.340. The molecule has 0 fully saturated rings. The van der Waals surface area contributed by atoms with Gasteiger partial charge in [-0.1, -0.05) is 28.1 Å². The minimum atomic E-state index is 0. The Morgan fingerprint density at radius 2 is 2.05 bits per heavy atom. The van der Waals surface area contributed by atoms with Crippen LogP contribution in [0.2, 0.25) is 0 Å². The largest absolute Gasteiger partial charge is 0.382 e. The van der Waals surface area contributed by atoms with Gasteiger partial charge in [0.2, 0.25) is 0 Å². The zero-order valence-corrected chi connectivity index (χ0v) is 17.3. The van der Waals surface area contributed by atoms with Gasteiger partial charge in [-0.2, -0.15) is 0 Å². The fourth-order valence-electron chi connectivity index (χ4n) is 1.83. The molecule has 126 valence electrons. The molecule has 0 aliphatic rings. The summed E-state index contributed by atoms with van der Waals surface area (Å²) in [6.07, 6.45) is 2.16. The van der Waals surface area contributed by atoms with E-state index in [2.05, 4.69) is 50.6 Å². The lowest BCUT2D eigenvalue weighted by Gasteiger charge is -2.11. The number of benzene rings is 1. The summed E-state index contributed by atoms with van der Waals surface area (Å²) in [6, 6.07) is 8.23. The van der Waals surface area contributed by atoms with Gasteiger partial charge in [-0.3, -0.25) is 0 Å². The van der Waals surface area contributed by atoms with Crippen molar-refractivity contribution < 1.29 is 4.74 Å². The number of hydrogen-bond acceptors (Lipinski definition) is 2. The maximum absolute atomic E-state index is 5.33. The highest BCUT2D eigenvalue weighted by Crippen LogP contribution is 2.12. The molecule has 0 heterocycles. The molecule has 4 nitrogen and oxygen atoms in total. The third kappa shape index (κ3) is 10.4. The molecule has 0 atom stereocenters. The van der Waals surface area contributed by atoms with Gasteiger partial charge < -0.3 is 15.4 Å². The van der Waals surface area contributed by atoms with Crippen molar-refractivity contribution in [2.24, 2.45) is 4.99 Å². The Bertz CT molecular complexity index is 430. The summed E-state index contributed by atoms with van der Waals surface area (Å²) in [5.74, 6) is 0.869. The number of nitrogens with zero attached hydrogens (tertiary/aromatic N) is 1. The molecule has 22 heavy (non-hydrogen) atoms. The van der Waals surface area contributed by atoms with Crippen molar-refractivity contribution in [3.8, 4) is 0 Å². The van der Waals surface area contributed by atoms with Gasteiger partial charge in [0.05, 0.1) is 6.54 Å². The van der Waals surface area contributed by atoms with E-state index in [1.54, 1.807) is 0 Å². The highest BCUT2D eigenvalue weighted by atomic mass is 127. The van der Waals surface area contributed by atoms with Gasteiger partial charge in [0, 0.05) is 30.8 Å². The number of rotatable bonds is 9. The van der Waals surface area contributed by atoms with Crippen molar-refractivity contribution in [1.82, 2.24) is 10.6 Å². The van der Waals surface area contributed by atoms with Crippen LogP contribution >= 0.6 is 39.9 Å². The zero-order valence-electron chi connectivity index (χ0n) is 13.4. The van der Waals surface area contributed by atoms with Crippen LogP contribution in [0.25, 0.3) is 0 Å². The van der Waals surface area contributed by atoms with E-state index >= 15 is 0 Å². The van der Waals surface area contributed by atoms with Crippen molar-refractivity contribution in [2.75, 3.05) is 26.3 Å². The van der Waals surface area contributed by atoms with Crippen LogP contribution in [0, 0.1) is 0 Å². The molecule has 1 aromatic rings. The molecule has 2 N–H and O–H groups in total. The molecule has 0 saturated carbocycles. The van der Waals surface area contributed by atoms with Gasteiger partial charge in [0.25, 0.3) is 0 Å². The van der Waals surface area contributed by atoms with Crippen molar-refractivity contribution in [2.45, 2.75) is 33.2 Å². The van der Waals surface area contributed by atoms with Crippen LogP contribution in [0.15, 0.2) is 33.7 Å². The SMILES string of the molecule is CCNC(=NCc1cccc(Br)c1)NCCCCOCC.I. The van der Waals surface area contributed by atoms with E-state index in [0.717, 1.165) is 49.6 Å². The number of aliphatic imine (C=N–C) groups is 1. The smallest absolute Gasteiger partial charge is 0.191 e. The third-order valence-corrected chi connectivity index (χ3v) is 3.36. The van der Waals surface area contributed by atoms with Crippen LogP contribution in [-0.4, -0.2) is 32.3 Å². The Kier molecular flexibility index (Phi) is 14.0. The number of ether oxygens (including phenoxy) is 1. The second kappa shape index (κ2) is 14.3. The van der Waals surface area contributed by atoms with Gasteiger partial charge in [-0.05, 0) is 44.4 Å². The molecule has 0 saturated heterocycles. The molecule has 0 aliphatic carbocycles. The van der Waals surface area contributed by atoms with E-state index in [0.29, 0.717) is 6.54 Å². The normalized spacial score (nSPS) is 11.0. The first-order valence-corrected chi connectivity index (χ1v) is 8.40. The van der Waals surface area contributed by atoms with E-state index in [-0.39, 0.29) is 24.0 Å². The molecular formula is C16H27BrIN3O. The number of unbranched alkanes of at least 4 members (excludes halogenated alkanes) is 1. The summed E-state index contributed by atoms with van der Waals surface area (Å²) in [6.45, 7) is 8.18. The maximum Gasteiger partial charge on any atom is 0.191 e. The van der Waals surface area contributed by atoms with E-state index in [1.807, 2.05) is 19.1 Å². The number of hydrogen-bond donors (Lipinski definition) is 2. The monoisotopic (exact) mass is 483 g/mol. The number of halogens is 2. The zero-order chi connectivity index (χ0) is 15.3. The Morgan fingerprint density at radius 1 is 1.23 bits per heavy atom. The molecule has 6 heteroatoms. The van der Waals surface area contributed by atoms with Crippen LogP contribution < -0.4 is 10.6 Å². The standard InChI is InChI=1S/C16H26BrN3O.HI/c1-3-18-16(19-10-5-6-11-21-4-2)20-13-14-8-7-9-15(17)12-14;/h7-9,12H,3-6,10-11,13H2,1-2H3,(H2,18,19,20);1H. The van der Waals surface area contributed by atoms with Crippen molar-refractivity contribution in [1.29, 1.82) is 0 Å². The first kappa shape index (κ1) is 21.7. The Morgan fingerprint density at radius 3 is 2.73 bits per heavy atom. The van der Waals surface area contributed by atoms with Gasteiger partial charge in [0.1, 0.15) is 0 Å². The highest BCUT2D eigenvalue weighted by Gasteiger charge is 1.98.